The molecular formula is C24H25N5O. The van der Waals surface area contributed by atoms with Gasteiger partial charge in [-0.1, -0.05) is 30.3 Å². The van der Waals surface area contributed by atoms with Gasteiger partial charge in [0.1, 0.15) is 5.82 Å². The molecule has 1 aliphatic carbocycles. The number of hydrogen-bond acceptors (Lipinski definition) is 5. The summed E-state index contributed by atoms with van der Waals surface area (Å²) in [5.41, 5.74) is 4.10. The van der Waals surface area contributed by atoms with Crippen molar-refractivity contribution >= 4 is 11.5 Å². The zero-order chi connectivity index (χ0) is 20.2. The quantitative estimate of drug-likeness (QED) is 0.508. The summed E-state index contributed by atoms with van der Waals surface area (Å²) < 4.78 is 8.01. The summed E-state index contributed by atoms with van der Waals surface area (Å²) in [6, 6.07) is 18.8. The summed E-state index contributed by atoms with van der Waals surface area (Å²) in [5.74, 6) is 0.879. The molecule has 5 rings (SSSR count). The van der Waals surface area contributed by atoms with Crippen molar-refractivity contribution in [3.63, 3.8) is 0 Å². The van der Waals surface area contributed by atoms with Gasteiger partial charge in [-0.3, -0.25) is 4.98 Å². The Morgan fingerprint density at radius 2 is 1.73 bits per heavy atom. The van der Waals surface area contributed by atoms with E-state index < -0.39 is 0 Å². The second-order valence-electron chi connectivity index (χ2n) is 7.78. The maximum atomic E-state index is 6.12. The van der Waals surface area contributed by atoms with E-state index in [4.69, 9.17) is 9.84 Å². The van der Waals surface area contributed by atoms with Gasteiger partial charge in [0.2, 0.25) is 0 Å². The third kappa shape index (κ3) is 4.19. The molecule has 0 bridgehead atoms. The molecule has 0 spiro atoms. The van der Waals surface area contributed by atoms with Gasteiger partial charge in [0.25, 0.3) is 0 Å². The summed E-state index contributed by atoms with van der Waals surface area (Å²) in [5, 5.41) is 8.40. The smallest absolute Gasteiger partial charge is 0.154 e. The lowest BCUT2D eigenvalue weighted by atomic mass is 9.93. The minimum Gasteiger partial charge on any atom is -0.374 e. The van der Waals surface area contributed by atoms with E-state index >= 15 is 0 Å². The molecule has 3 heterocycles. The fraction of sp³-hybridized carbons (Fsp3) is 0.292. The predicted molar refractivity (Wildman–Crippen MR) is 117 cm³/mol. The van der Waals surface area contributed by atoms with Crippen LogP contribution in [0.3, 0.4) is 0 Å². The van der Waals surface area contributed by atoms with Crippen LogP contribution in [-0.2, 0) is 11.3 Å². The Balaban J connectivity index is 1.20. The summed E-state index contributed by atoms with van der Waals surface area (Å²) in [6.07, 6.45) is 10.1. The lowest BCUT2D eigenvalue weighted by Crippen LogP contribution is -2.30. The third-order valence-electron chi connectivity index (χ3n) is 5.69. The second kappa shape index (κ2) is 8.63. The van der Waals surface area contributed by atoms with Crippen molar-refractivity contribution in [3.05, 3.63) is 78.8 Å². The van der Waals surface area contributed by atoms with Crippen molar-refractivity contribution < 1.29 is 4.74 Å². The van der Waals surface area contributed by atoms with Crippen LogP contribution in [0.15, 0.2) is 73.2 Å². The van der Waals surface area contributed by atoms with E-state index in [1.165, 1.54) is 5.56 Å². The first-order valence-corrected chi connectivity index (χ1v) is 10.5. The van der Waals surface area contributed by atoms with E-state index in [2.05, 4.69) is 39.6 Å². The number of anilines is 1. The van der Waals surface area contributed by atoms with Gasteiger partial charge in [0.05, 0.1) is 24.6 Å². The minimum absolute atomic E-state index is 0.339. The highest BCUT2D eigenvalue weighted by Crippen LogP contribution is 2.25. The van der Waals surface area contributed by atoms with Crippen molar-refractivity contribution in [1.82, 2.24) is 19.6 Å². The standard InChI is InChI=1S/C24H25N5O/c1-2-4-18(5-3-1)17-30-21-8-6-20(7-9-21)27-23-10-11-24-26-16-22(29(24)28-23)19-12-14-25-15-13-19/h1-5,10-16,20-21H,6-9,17H2,(H,27,28). The molecule has 3 aromatic heterocycles. The van der Waals surface area contributed by atoms with Gasteiger partial charge >= 0.3 is 0 Å². The van der Waals surface area contributed by atoms with Crippen molar-refractivity contribution in [1.29, 1.82) is 0 Å². The minimum atomic E-state index is 0.339. The lowest BCUT2D eigenvalue weighted by Gasteiger charge is -2.29. The van der Waals surface area contributed by atoms with E-state index in [9.17, 15) is 0 Å². The molecule has 0 unspecified atom stereocenters. The number of aromatic nitrogens is 4. The summed E-state index contributed by atoms with van der Waals surface area (Å²) in [7, 11) is 0. The Hall–Kier alpha value is -3.25. The Bertz CT molecular complexity index is 1090. The van der Waals surface area contributed by atoms with Crippen LogP contribution in [0.5, 0.6) is 0 Å². The first-order valence-electron chi connectivity index (χ1n) is 10.5. The molecule has 30 heavy (non-hydrogen) atoms. The summed E-state index contributed by atoms with van der Waals surface area (Å²) in [4.78, 5) is 8.57. The number of nitrogens with one attached hydrogen (secondary N) is 1. The van der Waals surface area contributed by atoms with Crippen LogP contribution in [0.25, 0.3) is 16.9 Å². The van der Waals surface area contributed by atoms with Crippen LogP contribution in [0.2, 0.25) is 0 Å². The fourth-order valence-corrected chi connectivity index (χ4v) is 4.04. The Labute approximate surface area is 176 Å². The molecule has 4 aromatic rings. The number of pyridine rings is 1. The maximum Gasteiger partial charge on any atom is 0.154 e. The molecule has 6 heteroatoms. The van der Waals surface area contributed by atoms with E-state index in [1.807, 2.05) is 41.0 Å². The van der Waals surface area contributed by atoms with Gasteiger partial charge in [-0.2, -0.15) is 0 Å². The molecule has 6 nitrogen and oxygen atoms in total. The highest BCUT2D eigenvalue weighted by atomic mass is 16.5. The molecule has 1 fully saturated rings. The third-order valence-corrected chi connectivity index (χ3v) is 5.69. The van der Waals surface area contributed by atoms with E-state index in [1.54, 1.807) is 12.4 Å². The molecule has 1 saturated carbocycles. The van der Waals surface area contributed by atoms with Gasteiger partial charge in [-0.15, -0.1) is 5.10 Å². The average Bonchev–Trinajstić information content (AvgIpc) is 3.23. The normalized spacial score (nSPS) is 19.1. The number of fused-ring (bicyclic) bond motifs is 1. The van der Waals surface area contributed by atoms with Crippen LogP contribution in [-0.4, -0.2) is 31.7 Å². The van der Waals surface area contributed by atoms with Crippen molar-refractivity contribution in [3.8, 4) is 11.3 Å². The van der Waals surface area contributed by atoms with Gasteiger partial charge in [-0.05, 0) is 55.5 Å². The Morgan fingerprint density at radius 1 is 0.933 bits per heavy atom. The first-order chi connectivity index (χ1) is 14.8. The molecule has 152 valence electrons. The number of rotatable bonds is 6. The van der Waals surface area contributed by atoms with Gasteiger partial charge in [0, 0.05) is 24.0 Å². The molecule has 0 atom stereocenters. The SMILES string of the molecule is c1ccc(COC2CCC(Nc3ccc4ncc(-c5ccncc5)n4n3)CC2)cc1. The maximum absolute atomic E-state index is 6.12. The number of ether oxygens (including phenoxy) is 1. The predicted octanol–water partition coefficient (Wildman–Crippen LogP) is 4.73. The molecule has 0 aliphatic heterocycles. The Morgan fingerprint density at radius 3 is 2.53 bits per heavy atom. The summed E-state index contributed by atoms with van der Waals surface area (Å²) >= 11 is 0. The van der Waals surface area contributed by atoms with Crippen molar-refractivity contribution in [2.75, 3.05) is 5.32 Å². The molecule has 1 aliphatic rings. The monoisotopic (exact) mass is 399 g/mol. The van der Waals surface area contributed by atoms with Crippen LogP contribution in [0, 0.1) is 0 Å². The lowest BCUT2D eigenvalue weighted by molar-refractivity contribution is 0.0149. The van der Waals surface area contributed by atoms with Crippen LogP contribution in [0.4, 0.5) is 5.82 Å². The zero-order valence-electron chi connectivity index (χ0n) is 16.8. The van der Waals surface area contributed by atoms with E-state index in [-0.39, 0.29) is 0 Å². The Kier molecular flexibility index (Phi) is 5.40. The molecule has 0 amide bonds. The van der Waals surface area contributed by atoms with Crippen LogP contribution >= 0.6 is 0 Å². The number of nitrogens with zero attached hydrogens (tertiary/aromatic N) is 4. The van der Waals surface area contributed by atoms with Crippen molar-refractivity contribution in [2.24, 2.45) is 0 Å². The first kappa shape index (κ1) is 18.8. The number of hydrogen-bond donors (Lipinski definition) is 1. The molecular weight excluding hydrogens is 374 g/mol. The number of imidazole rings is 1. The van der Waals surface area contributed by atoms with Gasteiger partial charge in [0.15, 0.2) is 5.65 Å². The average molecular weight is 399 g/mol. The largest absolute Gasteiger partial charge is 0.374 e. The van der Waals surface area contributed by atoms with E-state index in [0.29, 0.717) is 18.8 Å². The van der Waals surface area contributed by atoms with Gasteiger partial charge in [-0.25, -0.2) is 9.50 Å². The molecule has 0 radical (unpaired) electrons. The molecule has 0 saturated heterocycles. The summed E-state index contributed by atoms with van der Waals surface area (Å²) in [6.45, 7) is 0.695. The van der Waals surface area contributed by atoms with Crippen LogP contribution in [0.1, 0.15) is 31.2 Å². The second-order valence-corrected chi connectivity index (χ2v) is 7.78. The van der Waals surface area contributed by atoms with E-state index in [0.717, 1.165) is 48.4 Å². The zero-order valence-corrected chi connectivity index (χ0v) is 16.8. The molecule has 1 N–H and O–H groups in total. The van der Waals surface area contributed by atoms with Gasteiger partial charge < -0.3 is 10.1 Å². The highest BCUT2D eigenvalue weighted by Gasteiger charge is 2.22. The fourth-order valence-electron chi connectivity index (χ4n) is 4.04. The van der Waals surface area contributed by atoms with Crippen molar-refractivity contribution in [2.45, 2.75) is 44.4 Å². The number of benzene rings is 1. The topological polar surface area (TPSA) is 64.3 Å². The molecule has 1 aromatic carbocycles. The highest BCUT2D eigenvalue weighted by molar-refractivity contribution is 5.63. The van der Waals surface area contributed by atoms with Crippen LogP contribution < -0.4 is 5.32 Å².